The Bertz CT molecular complexity index is 998. The van der Waals surface area contributed by atoms with E-state index in [1.807, 2.05) is 78.9 Å². The number of nitrogens with two attached hydrogens (primary N) is 1. The van der Waals surface area contributed by atoms with Crippen molar-refractivity contribution < 1.29 is 4.74 Å². The Morgan fingerprint density at radius 2 is 1.48 bits per heavy atom. The molecular formula is C21H17N3O. The molecular weight excluding hydrogens is 310 g/mol. The molecule has 4 aromatic rings. The maximum absolute atomic E-state index is 6.06. The molecule has 1 aromatic heterocycles. The molecule has 0 atom stereocenters. The minimum atomic E-state index is 0.491. The number of nitrogen functional groups attached to an aromatic ring is 1. The summed E-state index contributed by atoms with van der Waals surface area (Å²) in [6.07, 6.45) is 0. The van der Waals surface area contributed by atoms with Crippen LogP contribution < -0.4 is 10.5 Å². The molecule has 4 heteroatoms. The first-order chi connectivity index (χ1) is 12.3. The van der Waals surface area contributed by atoms with Crippen molar-refractivity contribution in [1.82, 2.24) is 9.97 Å². The molecule has 2 N–H and O–H groups in total. The van der Waals surface area contributed by atoms with Gasteiger partial charge >= 0.3 is 0 Å². The normalized spacial score (nSPS) is 10.7. The number of benzene rings is 3. The maximum Gasteiger partial charge on any atom is 0.162 e. The van der Waals surface area contributed by atoms with E-state index in [0.717, 1.165) is 27.8 Å². The third-order valence-electron chi connectivity index (χ3n) is 3.99. The predicted octanol–water partition coefficient (Wildman–Crippen LogP) is 4.46. The second-order valence-corrected chi connectivity index (χ2v) is 5.75. The molecule has 1 heterocycles. The second kappa shape index (κ2) is 6.61. The predicted molar refractivity (Wildman–Crippen MR) is 100 cm³/mol. The van der Waals surface area contributed by atoms with E-state index in [-0.39, 0.29) is 0 Å². The number of anilines is 1. The summed E-state index contributed by atoms with van der Waals surface area (Å²) in [4.78, 5) is 9.02. The molecule has 122 valence electrons. The highest BCUT2D eigenvalue weighted by atomic mass is 16.5. The largest absolute Gasteiger partial charge is 0.489 e. The van der Waals surface area contributed by atoms with Crippen LogP contribution in [0.25, 0.3) is 22.3 Å². The summed E-state index contributed by atoms with van der Waals surface area (Å²) in [5, 5.41) is 0.870. The molecule has 0 fully saturated rings. The fraction of sp³-hybridized carbons (Fsp3) is 0.0476. The van der Waals surface area contributed by atoms with Crippen LogP contribution in [0.15, 0.2) is 78.9 Å². The Morgan fingerprint density at radius 3 is 2.28 bits per heavy atom. The topological polar surface area (TPSA) is 61.0 Å². The van der Waals surface area contributed by atoms with Gasteiger partial charge in [-0.15, -0.1) is 0 Å². The van der Waals surface area contributed by atoms with Gasteiger partial charge in [0.25, 0.3) is 0 Å². The number of fused-ring (bicyclic) bond motifs is 1. The third-order valence-corrected chi connectivity index (χ3v) is 3.99. The quantitative estimate of drug-likeness (QED) is 0.601. The van der Waals surface area contributed by atoms with Gasteiger partial charge in [-0.25, -0.2) is 9.97 Å². The lowest BCUT2D eigenvalue weighted by molar-refractivity contribution is 0.306. The first-order valence-electron chi connectivity index (χ1n) is 8.09. The maximum atomic E-state index is 6.06. The number of aromatic nitrogens is 2. The van der Waals surface area contributed by atoms with Crippen LogP contribution in [-0.4, -0.2) is 9.97 Å². The molecule has 0 aliphatic heterocycles. The Balaban J connectivity index is 1.56. The van der Waals surface area contributed by atoms with Crippen molar-refractivity contribution in [3.63, 3.8) is 0 Å². The van der Waals surface area contributed by atoms with Gasteiger partial charge < -0.3 is 10.5 Å². The van der Waals surface area contributed by atoms with Crippen LogP contribution in [0.2, 0.25) is 0 Å². The summed E-state index contributed by atoms with van der Waals surface area (Å²) in [7, 11) is 0. The molecule has 0 amide bonds. The Hall–Kier alpha value is -3.40. The monoisotopic (exact) mass is 327 g/mol. The highest BCUT2D eigenvalue weighted by Gasteiger charge is 2.07. The van der Waals surface area contributed by atoms with Crippen LogP contribution in [-0.2, 0) is 6.61 Å². The summed E-state index contributed by atoms with van der Waals surface area (Å²) in [6, 6.07) is 25.6. The van der Waals surface area contributed by atoms with Crippen molar-refractivity contribution in [3.05, 3.63) is 84.4 Å². The molecule has 0 aliphatic carbocycles. The van der Waals surface area contributed by atoms with E-state index < -0.39 is 0 Å². The van der Waals surface area contributed by atoms with E-state index in [1.54, 1.807) is 0 Å². The van der Waals surface area contributed by atoms with Gasteiger partial charge in [-0.2, -0.15) is 0 Å². The van der Waals surface area contributed by atoms with Gasteiger partial charge in [-0.1, -0.05) is 42.5 Å². The van der Waals surface area contributed by atoms with Crippen LogP contribution in [0, 0.1) is 0 Å². The molecule has 0 saturated carbocycles. The average Bonchev–Trinajstić information content (AvgIpc) is 2.68. The molecule has 4 rings (SSSR count). The second-order valence-electron chi connectivity index (χ2n) is 5.75. The van der Waals surface area contributed by atoms with E-state index in [4.69, 9.17) is 10.5 Å². The van der Waals surface area contributed by atoms with E-state index in [0.29, 0.717) is 18.2 Å². The summed E-state index contributed by atoms with van der Waals surface area (Å²) in [5.41, 5.74) is 8.95. The van der Waals surface area contributed by atoms with Crippen LogP contribution in [0.1, 0.15) is 5.56 Å². The third kappa shape index (κ3) is 3.28. The van der Waals surface area contributed by atoms with Gasteiger partial charge in [-0.05, 0) is 42.0 Å². The first kappa shape index (κ1) is 15.1. The minimum Gasteiger partial charge on any atom is -0.489 e. The lowest BCUT2D eigenvalue weighted by Gasteiger charge is -2.08. The lowest BCUT2D eigenvalue weighted by Crippen LogP contribution is -1.98. The average molecular weight is 327 g/mol. The zero-order valence-corrected chi connectivity index (χ0v) is 13.6. The zero-order valence-electron chi connectivity index (χ0n) is 13.6. The highest BCUT2D eigenvalue weighted by Crippen LogP contribution is 2.24. The molecule has 25 heavy (non-hydrogen) atoms. The van der Waals surface area contributed by atoms with Crippen LogP contribution in [0.3, 0.4) is 0 Å². The van der Waals surface area contributed by atoms with Gasteiger partial charge in [0.1, 0.15) is 18.2 Å². The van der Waals surface area contributed by atoms with Gasteiger partial charge in [0, 0.05) is 10.9 Å². The van der Waals surface area contributed by atoms with Crippen LogP contribution in [0.5, 0.6) is 5.75 Å². The van der Waals surface area contributed by atoms with Crippen molar-refractivity contribution in [2.24, 2.45) is 0 Å². The SMILES string of the molecule is Nc1nc(-c2ccc(OCc3ccccc3)cc2)nc2ccccc12. The summed E-state index contributed by atoms with van der Waals surface area (Å²) in [6.45, 7) is 0.541. The van der Waals surface area contributed by atoms with E-state index in [1.165, 1.54) is 0 Å². The highest BCUT2D eigenvalue weighted by molar-refractivity contribution is 5.89. The van der Waals surface area contributed by atoms with Gasteiger partial charge in [-0.3, -0.25) is 0 Å². The molecule has 0 aliphatic rings. The van der Waals surface area contributed by atoms with Crippen molar-refractivity contribution in [1.29, 1.82) is 0 Å². The molecule has 0 spiro atoms. The van der Waals surface area contributed by atoms with Crippen LogP contribution in [0.4, 0.5) is 5.82 Å². The van der Waals surface area contributed by atoms with E-state index in [9.17, 15) is 0 Å². The van der Waals surface area contributed by atoms with Crippen molar-refractivity contribution >= 4 is 16.7 Å². The van der Waals surface area contributed by atoms with Gasteiger partial charge in [0.15, 0.2) is 5.82 Å². The number of para-hydroxylation sites is 1. The van der Waals surface area contributed by atoms with Crippen LogP contribution >= 0.6 is 0 Å². The summed E-state index contributed by atoms with van der Waals surface area (Å²) < 4.78 is 5.81. The number of rotatable bonds is 4. The Labute approximate surface area is 145 Å². The first-order valence-corrected chi connectivity index (χ1v) is 8.09. The molecule has 0 unspecified atom stereocenters. The molecule has 0 radical (unpaired) electrons. The van der Waals surface area contributed by atoms with E-state index in [2.05, 4.69) is 9.97 Å². The number of nitrogens with zero attached hydrogens (tertiary/aromatic N) is 2. The van der Waals surface area contributed by atoms with Gasteiger partial charge in [0.2, 0.25) is 0 Å². The standard InChI is InChI=1S/C21H17N3O/c22-20-18-8-4-5-9-19(18)23-21(24-20)16-10-12-17(13-11-16)25-14-15-6-2-1-3-7-15/h1-13H,14H2,(H2,22,23,24). The Morgan fingerprint density at radius 1 is 0.760 bits per heavy atom. The molecule has 4 nitrogen and oxygen atoms in total. The summed E-state index contributed by atoms with van der Waals surface area (Å²) >= 11 is 0. The molecule has 0 bridgehead atoms. The zero-order chi connectivity index (χ0) is 17.1. The number of hydrogen-bond acceptors (Lipinski definition) is 4. The van der Waals surface area contributed by atoms with Crippen molar-refractivity contribution in [2.45, 2.75) is 6.61 Å². The molecule has 3 aromatic carbocycles. The lowest BCUT2D eigenvalue weighted by atomic mass is 10.1. The van der Waals surface area contributed by atoms with Crippen molar-refractivity contribution in [2.75, 3.05) is 5.73 Å². The Kier molecular flexibility index (Phi) is 4.01. The minimum absolute atomic E-state index is 0.491. The molecule has 0 saturated heterocycles. The smallest absolute Gasteiger partial charge is 0.162 e. The van der Waals surface area contributed by atoms with Crippen molar-refractivity contribution in [3.8, 4) is 17.1 Å². The fourth-order valence-electron chi connectivity index (χ4n) is 2.67. The van der Waals surface area contributed by atoms with Gasteiger partial charge in [0.05, 0.1) is 5.52 Å². The van der Waals surface area contributed by atoms with E-state index >= 15 is 0 Å². The fourth-order valence-corrected chi connectivity index (χ4v) is 2.67. The number of hydrogen-bond donors (Lipinski definition) is 1. The summed E-state index contributed by atoms with van der Waals surface area (Å²) in [5.74, 6) is 1.91. The number of ether oxygens (including phenoxy) is 1.